The van der Waals surface area contributed by atoms with E-state index in [-0.39, 0.29) is 17.8 Å². The molecule has 0 spiro atoms. The van der Waals surface area contributed by atoms with Gasteiger partial charge in [0, 0.05) is 12.0 Å². The van der Waals surface area contributed by atoms with Gasteiger partial charge in [0.25, 0.3) is 0 Å². The van der Waals surface area contributed by atoms with E-state index in [1.807, 2.05) is 27.7 Å². The maximum absolute atomic E-state index is 12.2. The summed E-state index contributed by atoms with van der Waals surface area (Å²) < 4.78 is 5.80. The number of rotatable bonds is 7. The molecule has 1 atom stereocenters. The van der Waals surface area contributed by atoms with E-state index in [1.54, 1.807) is 0 Å². The Kier molecular flexibility index (Phi) is 5.87. The Balaban J connectivity index is 3.19. The van der Waals surface area contributed by atoms with Crippen LogP contribution >= 0.6 is 11.3 Å². The number of ketones is 1. The Labute approximate surface area is 125 Å². The Morgan fingerprint density at radius 1 is 1.30 bits per heavy atom. The van der Waals surface area contributed by atoms with Crippen LogP contribution in [-0.2, 0) is 0 Å². The predicted octanol–water partition coefficient (Wildman–Crippen LogP) is 4.17. The molecule has 0 bridgehead atoms. The molecule has 0 saturated carbocycles. The zero-order chi connectivity index (χ0) is 15.4. The Morgan fingerprint density at radius 2 is 1.90 bits per heavy atom. The number of hydrogen-bond donors (Lipinski definition) is 2. The quantitative estimate of drug-likeness (QED) is 0.742. The van der Waals surface area contributed by atoms with Crippen LogP contribution in [0.5, 0.6) is 5.75 Å². The van der Waals surface area contributed by atoms with Crippen molar-refractivity contribution in [3.63, 3.8) is 0 Å². The molecule has 1 heterocycles. The fourth-order valence-corrected chi connectivity index (χ4v) is 2.90. The molecule has 1 aromatic rings. The summed E-state index contributed by atoms with van der Waals surface area (Å²) in [5.41, 5.74) is 6.60. The standard InChI is InChI=1S/C15H26N2O2S/c1-7-10(6)17-15-13(19-9(4)5)11(16)14(20-15)12(18)8(2)3/h8-10,17H,7,16H2,1-6H3. The molecule has 0 radical (unpaired) electrons. The number of nitrogens with one attached hydrogen (secondary N) is 1. The number of thiophene rings is 1. The molecular formula is C15H26N2O2S. The van der Waals surface area contributed by atoms with Crippen LogP contribution in [0.1, 0.15) is 57.6 Å². The van der Waals surface area contributed by atoms with Gasteiger partial charge in [0.15, 0.2) is 11.5 Å². The second kappa shape index (κ2) is 6.97. The van der Waals surface area contributed by atoms with Crippen LogP contribution in [-0.4, -0.2) is 17.9 Å². The molecule has 0 fully saturated rings. The number of nitrogens with two attached hydrogens (primary N) is 1. The molecule has 3 N–H and O–H groups in total. The molecule has 20 heavy (non-hydrogen) atoms. The lowest BCUT2D eigenvalue weighted by Crippen LogP contribution is -2.14. The monoisotopic (exact) mass is 298 g/mol. The second-order valence-electron chi connectivity index (χ2n) is 5.64. The molecule has 5 heteroatoms. The molecule has 0 saturated heterocycles. The van der Waals surface area contributed by atoms with Gasteiger partial charge in [0.1, 0.15) is 5.00 Å². The van der Waals surface area contributed by atoms with Gasteiger partial charge in [-0.15, -0.1) is 11.3 Å². The maximum Gasteiger partial charge on any atom is 0.177 e. The summed E-state index contributed by atoms with van der Waals surface area (Å²) in [5.74, 6) is 0.618. The van der Waals surface area contributed by atoms with Crippen molar-refractivity contribution >= 4 is 27.8 Å². The van der Waals surface area contributed by atoms with E-state index >= 15 is 0 Å². The van der Waals surface area contributed by atoms with Crippen molar-refractivity contribution in [3.05, 3.63) is 4.88 Å². The molecule has 1 rings (SSSR count). The lowest BCUT2D eigenvalue weighted by atomic mass is 10.1. The largest absolute Gasteiger partial charge is 0.486 e. The number of carbonyl (C=O) groups excluding carboxylic acids is 1. The van der Waals surface area contributed by atoms with Gasteiger partial charge < -0.3 is 15.8 Å². The molecule has 0 aliphatic rings. The molecule has 1 aromatic heterocycles. The summed E-state index contributed by atoms with van der Waals surface area (Å²) in [6, 6.07) is 0.310. The highest BCUT2D eigenvalue weighted by Crippen LogP contribution is 2.44. The van der Waals surface area contributed by atoms with Crippen molar-refractivity contribution in [1.29, 1.82) is 0 Å². The lowest BCUT2D eigenvalue weighted by molar-refractivity contribution is 0.0944. The van der Waals surface area contributed by atoms with Crippen LogP contribution in [0.25, 0.3) is 0 Å². The first kappa shape index (κ1) is 16.8. The van der Waals surface area contributed by atoms with E-state index in [4.69, 9.17) is 10.5 Å². The van der Waals surface area contributed by atoms with E-state index in [0.717, 1.165) is 11.4 Å². The van der Waals surface area contributed by atoms with E-state index < -0.39 is 0 Å². The zero-order valence-corrected chi connectivity index (χ0v) is 14.1. The number of ether oxygens (including phenoxy) is 1. The normalized spacial score (nSPS) is 12.8. The SMILES string of the molecule is CCC(C)Nc1sc(C(=O)C(C)C)c(N)c1OC(C)C. The van der Waals surface area contributed by atoms with Crippen LogP contribution in [0.2, 0.25) is 0 Å². The van der Waals surface area contributed by atoms with Gasteiger partial charge >= 0.3 is 0 Å². The predicted molar refractivity (Wildman–Crippen MR) is 87.0 cm³/mol. The molecule has 0 aliphatic heterocycles. The molecule has 1 unspecified atom stereocenters. The Hall–Kier alpha value is -1.23. The molecule has 0 aromatic carbocycles. The average Bonchev–Trinajstić information content (AvgIpc) is 2.65. The summed E-state index contributed by atoms with van der Waals surface area (Å²) in [5, 5.41) is 4.24. The minimum atomic E-state index is -0.0701. The molecule has 4 nitrogen and oxygen atoms in total. The average molecular weight is 298 g/mol. The minimum Gasteiger partial charge on any atom is -0.486 e. The van der Waals surface area contributed by atoms with Crippen molar-refractivity contribution in [1.82, 2.24) is 0 Å². The van der Waals surface area contributed by atoms with Crippen LogP contribution < -0.4 is 15.8 Å². The topological polar surface area (TPSA) is 64.4 Å². The number of anilines is 2. The van der Waals surface area contributed by atoms with Gasteiger partial charge in [-0.3, -0.25) is 4.79 Å². The first-order valence-electron chi connectivity index (χ1n) is 7.17. The summed E-state index contributed by atoms with van der Waals surface area (Å²) in [7, 11) is 0. The Morgan fingerprint density at radius 3 is 2.35 bits per heavy atom. The summed E-state index contributed by atoms with van der Waals surface area (Å²) >= 11 is 1.40. The molecule has 0 aliphatic carbocycles. The van der Waals surface area contributed by atoms with Crippen LogP contribution in [0.4, 0.5) is 10.7 Å². The highest BCUT2D eigenvalue weighted by Gasteiger charge is 2.25. The molecule has 0 amide bonds. The summed E-state index contributed by atoms with van der Waals surface area (Å²) in [4.78, 5) is 12.8. The lowest BCUT2D eigenvalue weighted by Gasteiger charge is -2.15. The van der Waals surface area contributed by atoms with Gasteiger partial charge in [-0.1, -0.05) is 20.8 Å². The summed E-state index contributed by atoms with van der Waals surface area (Å²) in [6.07, 6.45) is 1.01. The maximum atomic E-state index is 12.2. The van der Waals surface area contributed by atoms with Crippen molar-refractivity contribution in [2.45, 2.75) is 60.1 Å². The Bertz CT molecular complexity index is 467. The second-order valence-corrected chi connectivity index (χ2v) is 6.66. The van der Waals surface area contributed by atoms with Crippen molar-refractivity contribution in [3.8, 4) is 5.75 Å². The molecule has 114 valence electrons. The van der Waals surface area contributed by atoms with E-state index in [9.17, 15) is 4.79 Å². The fourth-order valence-electron chi connectivity index (χ4n) is 1.65. The number of nitrogen functional groups attached to an aromatic ring is 1. The van der Waals surface area contributed by atoms with E-state index in [0.29, 0.717) is 22.4 Å². The fraction of sp³-hybridized carbons (Fsp3) is 0.667. The van der Waals surface area contributed by atoms with Gasteiger partial charge in [-0.05, 0) is 27.2 Å². The zero-order valence-electron chi connectivity index (χ0n) is 13.2. The first-order valence-corrected chi connectivity index (χ1v) is 7.99. The van der Waals surface area contributed by atoms with Gasteiger partial charge in [0.05, 0.1) is 16.7 Å². The number of Topliss-reactive ketones (excluding diaryl/α,β-unsaturated/α-hetero) is 1. The van der Waals surface area contributed by atoms with Gasteiger partial charge in [-0.2, -0.15) is 0 Å². The third-order valence-electron chi connectivity index (χ3n) is 2.99. The van der Waals surface area contributed by atoms with Gasteiger partial charge in [-0.25, -0.2) is 0 Å². The van der Waals surface area contributed by atoms with Crippen LogP contribution in [0.15, 0.2) is 0 Å². The van der Waals surface area contributed by atoms with E-state index in [2.05, 4.69) is 19.2 Å². The highest BCUT2D eigenvalue weighted by molar-refractivity contribution is 7.19. The smallest absolute Gasteiger partial charge is 0.177 e. The highest BCUT2D eigenvalue weighted by atomic mass is 32.1. The van der Waals surface area contributed by atoms with Crippen LogP contribution in [0, 0.1) is 5.92 Å². The van der Waals surface area contributed by atoms with Crippen molar-refractivity contribution in [2.75, 3.05) is 11.1 Å². The van der Waals surface area contributed by atoms with E-state index in [1.165, 1.54) is 11.3 Å². The minimum absolute atomic E-state index is 0.0198. The van der Waals surface area contributed by atoms with Gasteiger partial charge in [0.2, 0.25) is 0 Å². The van der Waals surface area contributed by atoms with Crippen molar-refractivity contribution < 1.29 is 9.53 Å². The third kappa shape index (κ3) is 3.88. The third-order valence-corrected chi connectivity index (χ3v) is 4.12. The number of hydrogen-bond acceptors (Lipinski definition) is 5. The molecular weight excluding hydrogens is 272 g/mol. The summed E-state index contributed by atoms with van der Waals surface area (Å²) in [6.45, 7) is 11.9. The van der Waals surface area contributed by atoms with Crippen molar-refractivity contribution in [2.24, 2.45) is 5.92 Å². The number of carbonyl (C=O) groups is 1. The first-order chi connectivity index (χ1) is 9.27. The van der Waals surface area contributed by atoms with Crippen LogP contribution in [0.3, 0.4) is 0 Å².